The fourth-order valence-corrected chi connectivity index (χ4v) is 9.89. The molecular formula is C56H46N2S. The monoisotopic (exact) mass is 778 g/mol. The van der Waals surface area contributed by atoms with Gasteiger partial charge in [0.2, 0.25) is 0 Å². The van der Waals surface area contributed by atoms with Gasteiger partial charge in [-0.1, -0.05) is 179 Å². The maximum atomic E-state index is 5.36. The van der Waals surface area contributed by atoms with Gasteiger partial charge in [0, 0.05) is 37.2 Å². The Kier molecular flexibility index (Phi) is 9.63. The van der Waals surface area contributed by atoms with E-state index in [2.05, 4.69) is 203 Å². The standard InChI is InChI=1S/C56H46N2S/c1-56(2,3)43-30-26-39(27-31-43)48-34-41(28-32-44(48)37-16-7-4-8-17-37)50-36-51(58-55(57-50)40-20-11-6-12-21-40)42-29-33-45(49(35-42)38-18-9-5-10-19-38)46-23-15-25-53-54(46)47-22-13-14-24-52(47)59-53/h5-7,9-34,36,42H,4,8,35H2,1-3H3. The molecule has 59 heavy (non-hydrogen) atoms. The largest absolute Gasteiger partial charge is 0.232 e. The molecule has 0 fully saturated rings. The first-order valence-electron chi connectivity index (χ1n) is 20.8. The van der Waals surface area contributed by atoms with E-state index in [9.17, 15) is 0 Å². The summed E-state index contributed by atoms with van der Waals surface area (Å²) in [6, 6.07) is 55.2. The molecule has 1 unspecified atom stereocenters. The van der Waals surface area contributed by atoms with Crippen LogP contribution in [0.2, 0.25) is 0 Å². The molecule has 10 rings (SSSR count). The van der Waals surface area contributed by atoms with Crippen LogP contribution in [-0.2, 0) is 5.41 Å². The van der Waals surface area contributed by atoms with Crippen molar-refractivity contribution < 1.29 is 0 Å². The van der Waals surface area contributed by atoms with Crippen LogP contribution in [-0.4, -0.2) is 9.97 Å². The van der Waals surface area contributed by atoms with Crippen LogP contribution >= 0.6 is 11.3 Å². The average Bonchev–Trinajstić information content (AvgIpc) is 3.68. The maximum absolute atomic E-state index is 5.36. The van der Waals surface area contributed by atoms with Crippen LogP contribution in [0.5, 0.6) is 0 Å². The summed E-state index contributed by atoms with van der Waals surface area (Å²) in [5.74, 6) is 0.799. The number of aromatic nitrogens is 2. The summed E-state index contributed by atoms with van der Waals surface area (Å²) in [6.07, 6.45) is 14.7. The lowest BCUT2D eigenvalue weighted by Gasteiger charge is -2.24. The van der Waals surface area contributed by atoms with Crippen LogP contribution in [0, 0.1) is 0 Å². The summed E-state index contributed by atoms with van der Waals surface area (Å²) in [5.41, 5.74) is 15.6. The molecule has 0 saturated heterocycles. The number of hydrogen-bond donors (Lipinski definition) is 0. The summed E-state index contributed by atoms with van der Waals surface area (Å²) >= 11 is 1.87. The van der Waals surface area contributed by atoms with Crippen LogP contribution in [0.3, 0.4) is 0 Å². The summed E-state index contributed by atoms with van der Waals surface area (Å²) in [4.78, 5) is 10.7. The van der Waals surface area contributed by atoms with Gasteiger partial charge in [-0.15, -0.1) is 11.3 Å². The highest BCUT2D eigenvalue weighted by Crippen LogP contribution is 2.46. The van der Waals surface area contributed by atoms with Crippen molar-refractivity contribution in [3.63, 3.8) is 0 Å². The second-order valence-corrected chi connectivity index (χ2v) is 17.9. The quantitative estimate of drug-likeness (QED) is 0.161. The van der Waals surface area contributed by atoms with Gasteiger partial charge >= 0.3 is 0 Å². The molecule has 8 aromatic rings. The molecule has 0 aliphatic heterocycles. The highest BCUT2D eigenvalue weighted by molar-refractivity contribution is 7.25. The van der Waals surface area contributed by atoms with Gasteiger partial charge in [-0.3, -0.25) is 0 Å². The van der Waals surface area contributed by atoms with Crippen molar-refractivity contribution in [2.24, 2.45) is 0 Å². The summed E-state index contributed by atoms with van der Waals surface area (Å²) < 4.78 is 2.64. The fraction of sp³-hybridized carbons (Fsp3) is 0.143. The van der Waals surface area contributed by atoms with Crippen LogP contribution in [0.25, 0.3) is 70.7 Å². The molecule has 286 valence electrons. The Hall–Kier alpha value is -6.42. The van der Waals surface area contributed by atoms with E-state index in [0.717, 1.165) is 47.6 Å². The Labute approximate surface area is 351 Å². The van der Waals surface area contributed by atoms with E-state index in [-0.39, 0.29) is 11.3 Å². The van der Waals surface area contributed by atoms with E-state index in [0.29, 0.717) is 0 Å². The third-order valence-electron chi connectivity index (χ3n) is 11.9. The summed E-state index contributed by atoms with van der Waals surface area (Å²) in [7, 11) is 0. The first-order chi connectivity index (χ1) is 28.9. The number of thiophene rings is 1. The minimum atomic E-state index is 0.0535. The molecule has 2 aliphatic carbocycles. The predicted molar refractivity (Wildman–Crippen MR) is 252 cm³/mol. The van der Waals surface area contributed by atoms with Crippen LogP contribution < -0.4 is 0 Å². The van der Waals surface area contributed by atoms with E-state index in [1.54, 1.807) is 0 Å². The van der Waals surface area contributed by atoms with Gasteiger partial charge in [-0.05, 0) is 99.0 Å². The van der Waals surface area contributed by atoms with Crippen molar-refractivity contribution in [2.75, 3.05) is 0 Å². The third kappa shape index (κ3) is 7.21. The van der Waals surface area contributed by atoms with Crippen molar-refractivity contribution in [1.29, 1.82) is 0 Å². The number of benzene rings is 6. The molecule has 3 heteroatoms. The normalized spacial score (nSPS) is 15.6. The zero-order valence-corrected chi connectivity index (χ0v) is 34.6. The number of nitrogens with zero attached hydrogens (tertiary/aromatic N) is 2. The minimum absolute atomic E-state index is 0.0535. The number of hydrogen-bond acceptors (Lipinski definition) is 3. The van der Waals surface area contributed by atoms with E-state index in [1.807, 2.05) is 11.3 Å². The molecule has 0 bridgehead atoms. The minimum Gasteiger partial charge on any atom is -0.232 e. The van der Waals surface area contributed by atoms with Crippen molar-refractivity contribution in [2.45, 2.75) is 51.4 Å². The lowest BCUT2D eigenvalue weighted by Crippen LogP contribution is -2.10. The first kappa shape index (κ1) is 36.9. The zero-order valence-electron chi connectivity index (χ0n) is 33.8. The van der Waals surface area contributed by atoms with Crippen molar-refractivity contribution in [3.8, 4) is 33.8 Å². The number of allylic oxidation sites excluding steroid dienone is 8. The number of rotatable bonds is 7. The Morgan fingerprint density at radius 2 is 1.31 bits per heavy atom. The Morgan fingerprint density at radius 3 is 2.07 bits per heavy atom. The van der Waals surface area contributed by atoms with Crippen LogP contribution in [0.4, 0.5) is 0 Å². The topological polar surface area (TPSA) is 25.8 Å². The van der Waals surface area contributed by atoms with E-state index in [1.165, 1.54) is 70.3 Å². The molecule has 0 N–H and O–H groups in total. The summed E-state index contributed by atoms with van der Waals surface area (Å²) in [6.45, 7) is 6.82. The molecule has 2 aromatic heterocycles. The molecule has 0 spiro atoms. The summed E-state index contributed by atoms with van der Waals surface area (Å²) in [5, 5.41) is 2.65. The van der Waals surface area contributed by atoms with Crippen LogP contribution in [0.15, 0.2) is 182 Å². The van der Waals surface area contributed by atoms with Gasteiger partial charge in [0.05, 0.1) is 11.4 Å². The lowest BCUT2D eigenvalue weighted by atomic mass is 9.81. The van der Waals surface area contributed by atoms with Crippen molar-refractivity contribution >= 4 is 48.2 Å². The molecule has 6 aromatic carbocycles. The Morgan fingerprint density at radius 1 is 0.576 bits per heavy atom. The molecule has 0 radical (unpaired) electrons. The molecular weight excluding hydrogens is 733 g/mol. The highest BCUT2D eigenvalue weighted by atomic mass is 32.1. The van der Waals surface area contributed by atoms with Gasteiger partial charge in [-0.25, -0.2) is 9.97 Å². The van der Waals surface area contributed by atoms with Gasteiger partial charge in [-0.2, -0.15) is 0 Å². The Balaban J connectivity index is 1.11. The number of fused-ring (bicyclic) bond motifs is 3. The van der Waals surface area contributed by atoms with Gasteiger partial charge in [0.15, 0.2) is 5.82 Å². The molecule has 2 aliphatic rings. The van der Waals surface area contributed by atoms with Crippen LogP contribution in [0.1, 0.15) is 73.9 Å². The first-order valence-corrected chi connectivity index (χ1v) is 21.6. The van der Waals surface area contributed by atoms with Gasteiger partial charge in [0.1, 0.15) is 0 Å². The fourth-order valence-electron chi connectivity index (χ4n) is 8.76. The van der Waals surface area contributed by atoms with E-state index in [4.69, 9.17) is 9.97 Å². The van der Waals surface area contributed by atoms with E-state index >= 15 is 0 Å². The average molecular weight is 779 g/mol. The van der Waals surface area contributed by atoms with Gasteiger partial charge < -0.3 is 0 Å². The smallest absolute Gasteiger partial charge is 0.160 e. The zero-order chi connectivity index (χ0) is 39.9. The second kappa shape index (κ2) is 15.4. The lowest BCUT2D eigenvalue weighted by molar-refractivity contribution is 0.590. The molecule has 2 heterocycles. The highest BCUT2D eigenvalue weighted by Gasteiger charge is 2.25. The SMILES string of the molecule is CC(C)(C)c1ccc(-c2cc(-c3cc(C4C=CC(c5cccc6sc7ccccc7c56)=C(c5ccccc5)C4)nc(-c4ccccc4)n3)ccc2C2=CCCC=C2)cc1. The molecule has 0 amide bonds. The molecule has 2 nitrogen and oxygen atoms in total. The van der Waals surface area contributed by atoms with E-state index < -0.39 is 0 Å². The second-order valence-electron chi connectivity index (χ2n) is 16.8. The van der Waals surface area contributed by atoms with Crippen molar-refractivity contribution in [3.05, 3.63) is 210 Å². The maximum Gasteiger partial charge on any atom is 0.160 e. The van der Waals surface area contributed by atoms with Gasteiger partial charge in [0.25, 0.3) is 0 Å². The molecule has 0 saturated carbocycles. The Bertz CT molecular complexity index is 2970. The third-order valence-corrected chi connectivity index (χ3v) is 13.0. The molecule has 1 atom stereocenters. The van der Waals surface area contributed by atoms with Crippen molar-refractivity contribution in [1.82, 2.24) is 9.97 Å². The predicted octanol–water partition coefficient (Wildman–Crippen LogP) is 15.5.